The molecule has 1 aliphatic rings. The summed E-state index contributed by atoms with van der Waals surface area (Å²) in [5.74, 6) is 0.866. The smallest absolute Gasteiger partial charge is 0.293 e. The van der Waals surface area contributed by atoms with Crippen LogP contribution in [-0.2, 0) is 6.54 Å². The lowest BCUT2D eigenvalue weighted by molar-refractivity contribution is 0.0996. The summed E-state index contributed by atoms with van der Waals surface area (Å²) in [5, 5.41) is 5.45. The molecule has 1 aliphatic heterocycles. The van der Waals surface area contributed by atoms with E-state index >= 15 is 0 Å². The van der Waals surface area contributed by atoms with Crippen molar-refractivity contribution in [2.24, 2.45) is 5.92 Å². The van der Waals surface area contributed by atoms with E-state index in [1.807, 2.05) is 12.3 Å². The van der Waals surface area contributed by atoms with Gasteiger partial charge in [0, 0.05) is 24.0 Å². The number of furan rings is 1. The Kier molecular flexibility index (Phi) is 4.59. The van der Waals surface area contributed by atoms with Crippen LogP contribution in [0.15, 0.2) is 22.1 Å². The first-order valence-corrected chi connectivity index (χ1v) is 8.52. The third kappa shape index (κ3) is 3.56. The maximum absolute atomic E-state index is 12.1. The van der Waals surface area contributed by atoms with Crippen LogP contribution in [0.3, 0.4) is 0 Å². The lowest BCUT2D eigenvalue weighted by Gasteiger charge is -2.30. The Labute approximate surface area is 134 Å². The molecule has 1 saturated heterocycles. The molecule has 1 fully saturated rings. The number of amides is 1. The molecule has 2 aromatic rings. The number of rotatable bonds is 4. The minimum Gasteiger partial charge on any atom is -0.459 e. The number of thiazole rings is 1. The molecule has 22 heavy (non-hydrogen) atoms. The quantitative estimate of drug-likeness (QED) is 0.936. The van der Waals surface area contributed by atoms with Crippen LogP contribution in [0, 0.1) is 12.8 Å². The molecule has 0 bridgehead atoms. The van der Waals surface area contributed by atoms with Crippen molar-refractivity contribution in [1.82, 2.24) is 9.88 Å². The molecule has 118 valence electrons. The van der Waals surface area contributed by atoms with Crippen LogP contribution in [0.5, 0.6) is 0 Å². The highest BCUT2D eigenvalue weighted by molar-refractivity contribution is 7.13. The SMILES string of the molecule is Cc1ccoc1C(=O)Nc1nc(CN2CCCC(C)C2)cs1. The van der Waals surface area contributed by atoms with E-state index in [2.05, 4.69) is 22.1 Å². The Bertz CT molecular complexity index is 649. The molecule has 1 atom stereocenters. The van der Waals surface area contributed by atoms with E-state index in [4.69, 9.17) is 4.42 Å². The molecule has 3 rings (SSSR count). The topological polar surface area (TPSA) is 58.4 Å². The zero-order valence-corrected chi connectivity index (χ0v) is 13.8. The molecule has 0 radical (unpaired) electrons. The largest absolute Gasteiger partial charge is 0.459 e. The van der Waals surface area contributed by atoms with E-state index in [0.717, 1.165) is 36.8 Å². The predicted octanol–water partition coefficient (Wildman–Crippen LogP) is 3.53. The van der Waals surface area contributed by atoms with Gasteiger partial charge in [0.05, 0.1) is 12.0 Å². The molecule has 1 amide bonds. The van der Waals surface area contributed by atoms with E-state index < -0.39 is 0 Å². The number of hydrogen-bond donors (Lipinski definition) is 1. The first kappa shape index (κ1) is 15.2. The van der Waals surface area contributed by atoms with Crippen LogP contribution in [-0.4, -0.2) is 28.9 Å². The molecule has 2 aromatic heterocycles. The summed E-state index contributed by atoms with van der Waals surface area (Å²) in [6, 6.07) is 1.78. The molecule has 0 aromatic carbocycles. The van der Waals surface area contributed by atoms with Crippen molar-refractivity contribution in [3.63, 3.8) is 0 Å². The number of carbonyl (C=O) groups is 1. The normalized spacial score (nSPS) is 19.3. The van der Waals surface area contributed by atoms with Crippen molar-refractivity contribution in [3.8, 4) is 0 Å². The number of piperidine rings is 1. The Balaban J connectivity index is 1.59. The summed E-state index contributed by atoms with van der Waals surface area (Å²) in [6.07, 6.45) is 4.10. The van der Waals surface area contributed by atoms with E-state index in [9.17, 15) is 4.79 Å². The summed E-state index contributed by atoms with van der Waals surface area (Å²) in [7, 11) is 0. The highest BCUT2D eigenvalue weighted by atomic mass is 32.1. The molecular formula is C16H21N3O2S. The van der Waals surface area contributed by atoms with Gasteiger partial charge in [0.2, 0.25) is 0 Å². The van der Waals surface area contributed by atoms with E-state index in [1.165, 1.54) is 30.4 Å². The summed E-state index contributed by atoms with van der Waals surface area (Å²) >= 11 is 1.46. The second kappa shape index (κ2) is 6.62. The Morgan fingerprint density at radius 2 is 2.45 bits per heavy atom. The van der Waals surface area contributed by atoms with Crippen LogP contribution in [0.1, 0.15) is 41.6 Å². The van der Waals surface area contributed by atoms with E-state index in [-0.39, 0.29) is 5.91 Å². The minimum absolute atomic E-state index is 0.241. The number of nitrogens with zero attached hydrogens (tertiary/aromatic N) is 2. The summed E-state index contributed by atoms with van der Waals surface area (Å²) in [5.41, 5.74) is 1.85. The molecular weight excluding hydrogens is 298 g/mol. The molecule has 5 nitrogen and oxygen atoms in total. The van der Waals surface area contributed by atoms with Gasteiger partial charge in [-0.25, -0.2) is 4.98 Å². The lowest BCUT2D eigenvalue weighted by atomic mass is 10.0. The van der Waals surface area contributed by atoms with Gasteiger partial charge in [0.25, 0.3) is 5.91 Å². The summed E-state index contributed by atoms with van der Waals surface area (Å²) in [6.45, 7) is 7.27. The average Bonchev–Trinajstić information content (AvgIpc) is 3.08. The number of anilines is 1. The highest BCUT2D eigenvalue weighted by Gasteiger charge is 2.18. The van der Waals surface area contributed by atoms with Crippen molar-refractivity contribution in [2.75, 3.05) is 18.4 Å². The minimum atomic E-state index is -0.241. The number of aryl methyl sites for hydroxylation is 1. The van der Waals surface area contributed by atoms with Gasteiger partial charge in [-0.2, -0.15) is 0 Å². The van der Waals surface area contributed by atoms with Gasteiger partial charge in [-0.3, -0.25) is 15.0 Å². The molecule has 6 heteroatoms. The fourth-order valence-corrected chi connectivity index (χ4v) is 3.55. The van der Waals surface area contributed by atoms with Crippen LogP contribution >= 0.6 is 11.3 Å². The van der Waals surface area contributed by atoms with E-state index in [0.29, 0.717) is 10.9 Å². The average molecular weight is 319 g/mol. The molecule has 0 aliphatic carbocycles. The van der Waals surface area contributed by atoms with Crippen molar-refractivity contribution in [3.05, 3.63) is 34.7 Å². The maximum atomic E-state index is 12.1. The van der Waals surface area contributed by atoms with Gasteiger partial charge in [0.15, 0.2) is 10.9 Å². The van der Waals surface area contributed by atoms with Crippen molar-refractivity contribution < 1.29 is 9.21 Å². The molecule has 0 spiro atoms. The number of aromatic nitrogens is 1. The fraction of sp³-hybridized carbons (Fsp3) is 0.500. The van der Waals surface area contributed by atoms with Crippen molar-refractivity contribution in [1.29, 1.82) is 0 Å². The third-order valence-electron chi connectivity index (χ3n) is 3.97. The number of carbonyl (C=O) groups excluding carboxylic acids is 1. The number of hydrogen-bond acceptors (Lipinski definition) is 5. The monoisotopic (exact) mass is 319 g/mol. The fourth-order valence-electron chi connectivity index (χ4n) is 2.86. The summed E-state index contributed by atoms with van der Waals surface area (Å²) in [4.78, 5) is 19.0. The van der Waals surface area contributed by atoms with Gasteiger partial charge in [0.1, 0.15) is 0 Å². The van der Waals surface area contributed by atoms with Gasteiger partial charge >= 0.3 is 0 Å². The van der Waals surface area contributed by atoms with Crippen LogP contribution < -0.4 is 5.32 Å². The van der Waals surface area contributed by atoms with E-state index in [1.54, 1.807) is 6.07 Å². The second-order valence-corrected chi connectivity index (χ2v) is 6.87. The van der Waals surface area contributed by atoms with Gasteiger partial charge in [-0.15, -0.1) is 11.3 Å². The first-order chi connectivity index (χ1) is 10.6. The lowest BCUT2D eigenvalue weighted by Crippen LogP contribution is -2.33. The molecule has 1 N–H and O–H groups in total. The number of likely N-dealkylation sites (tertiary alicyclic amines) is 1. The second-order valence-electron chi connectivity index (χ2n) is 6.01. The van der Waals surface area contributed by atoms with Crippen molar-refractivity contribution >= 4 is 22.4 Å². The molecule has 3 heterocycles. The maximum Gasteiger partial charge on any atom is 0.293 e. The van der Waals surface area contributed by atoms with Crippen LogP contribution in [0.25, 0.3) is 0 Å². The zero-order chi connectivity index (χ0) is 15.5. The predicted molar refractivity (Wildman–Crippen MR) is 87.2 cm³/mol. The Morgan fingerprint density at radius 1 is 1.59 bits per heavy atom. The van der Waals surface area contributed by atoms with Crippen LogP contribution in [0.2, 0.25) is 0 Å². The van der Waals surface area contributed by atoms with Crippen LogP contribution in [0.4, 0.5) is 5.13 Å². The van der Waals surface area contributed by atoms with Gasteiger partial charge in [-0.05, 0) is 38.3 Å². The third-order valence-corrected chi connectivity index (χ3v) is 4.77. The Hall–Kier alpha value is -1.66. The number of nitrogens with one attached hydrogen (secondary N) is 1. The first-order valence-electron chi connectivity index (χ1n) is 7.64. The standard InChI is InChI=1S/C16H21N3O2S/c1-11-4-3-6-19(8-11)9-13-10-22-16(17-13)18-15(20)14-12(2)5-7-21-14/h5,7,10-11H,3-4,6,8-9H2,1-2H3,(H,17,18,20). The van der Waals surface area contributed by atoms with Crippen molar-refractivity contribution in [2.45, 2.75) is 33.2 Å². The van der Waals surface area contributed by atoms with Gasteiger partial charge in [-0.1, -0.05) is 6.92 Å². The highest BCUT2D eigenvalue weighted by Crippen LogP contribution is 2.21. The molecule has 0 saturated carbocycles. The Morgan fingerprint density at radius 3 is 3.18 bits per heavy atom. The summed E-state index contributed by atoms with van der Waals surface area (Å²) < 4.78 is 5.19. The van der Waals surface area contributed by atoms with Gasteiger partial charge < -0.3 is 4.42 Å². The zero-order valence-electron chi connectivity index (χ0n) is 13.0. The molecule has 1 unspecified atom stereocenters.